The molecule has 0 N–H and O–H groups in total. The Bertz CT molecular complexity index is 464. The number of fused-ring (bicyclic) bond motifs is 1. The van der Waals surface area contributed by atoms with Gasteiger partial charge in [-0.15, -0.1) is 22.7 Å². The van der Waals surface area contributed by atoms with E-state index in [0.29, 0.717) is 6.42 Å². The number of carbonyl (C=O) groups is 1. The number of Topliss-reactive ketones (excluding diaryl/α,β-unsaturated/α-hetero) is 1. The van der Waals surface area contributed by atoms with E-state index in [9.17, 15) is 4.79 Å². The molecule has 0 saturated carbocycles. The summed E-state index contributed by atoms with van der Waals surface area (Å²) in [6, 6.07) is 1.97. The minimum absolute atomic E-state index is 0.218. The minimum Gasteiger partial charge on any atom is -0.293 e. The third kappa shape index (κ3) is 1.71. The highest BCUT2D eigenvalue weighted by atomic mass is 79.9. The zero-order chi connectivity index (χ0) is 10.3. The predicted molar refractivity (Wildman–Crippen MR) is 69.7 cm³/mol. The van der Waals surface area contributed by atoms with Gasteiger partial charge in [0.25, 0.3) is 0 Å². The standard InChI is InChI=1S/C9H6Br2OS2/c1-2-5(12)6-3-4-7(13-6)9(11)14-8(4)10/h3H,2H2,1H3. The van der Waals surface area contributed by atoms with Crippen molar-refractivity contribution in [2.24, 2.45) is 0 Å². The average Bonchev–Trinajstić information content (AvgIpc) is 2.69. The molecule has 74 valence electrons. The van der Waals surface area contributed by atoms with Crippen LogP contribution >= 0.6 is 54.5 Å². The Balaban J connectivity index is 2.63. The van der Waals surface area contributed by atoms with Crippen LogP contribution in [0.5, 0.6) is 0 Å². The van der Waals surface area contributed by atoms with Crippen molar-refractivity contribution >= 4 is 70.4 Å². The van der Waals surface area contributed by atoms with Gasteiger partial charge in [0, 0.05) is 11.8 Å². The second-order valence-corrected chi connectivity index (χ2v) is 7.49. The molecule has 0 aliphatic rings. The molecular formula is C9H6Br2OS2. The topological polar surface area (TPSA) is 17.1 Å². The monoisotopic (exact) mass is 352 g/mol. The van der Waals surface area contributed by atoms with Crippen LogP contribution < -0.4 is 0 Å². The van der Waals surface area contributed by atoms with Crippen molar-refractivity contribution in [1.29, 1.82) is 0 Å². The normalized spacial score (nSPS) is 11.1. The molecule has 1 nitrogen and oxygen atoms in total. The molecule has 14 heavy (non-hydrogen) atoms. The van der Waals surface area contributed by atoms with Gasteiger partial charge in [0.05, 0.1) is 17.1 Å². The van der Waals surface area contributed by atoms with Crippen molar-refractivity contribution in [1.82, 2.24) is 0 Å². The molecule has 5 heteroatoms. The number of thiophene rings is 2. The third-order valence-corrected chi connectivity index (χ3v) is 6.06. The average molecular weight is 354 g/mol. The van der Waals surface area contributed by atoms with Crippen molar-refractivity contribution in [3.05, 3.63) is 18.5 Å². The van der Waals surface area contributed by atoms with E-state index in [0.717, 1.165) is 17.8 Å². The number of hydrogen-bond acceptors (Lipinski definition) is 3. The van der Waals surface area contributed by atoms with Crippen LogP contribution in [0.4, 0.5) is 0 Å². The first kappa shape index (κ1) is 10.8. The van der Waals surface area contributed by atoms with E-state index in [1.165, 1.54) is 4.70 Å². The van der Waals surface area contributed by atoms with Gasteiger partial charge in [0.15, 0.2) is 5.78 Å². The molecule has 0 bridgehead atoms. The highest BCUT2D eigenvalue weighted by Crippen LogP contribution is 2.43. The summed E-state index contributed by atoms with van der Waals surface area (Å²) >= 11 is 10.2. The van der Waals surface area contributed by atoms with Crippen LogP contribution in [0.1, 0.15) is 23.0 Å². The van der Waals surface area contributed by atoms with Crippen LogP contribution in [-0.4, -0.2) is 5.78 Å². The molecule has 0 aliphatic carbocycles. The predicted octanol–water partition coefficient (Wildman–Crippen LogP) is 5.08. The number of halogens is 2. The van der Waals surface area contributed by atoms with Crippen LogP contribution in [0, 0.1) is 0 Å². The van der Waals surface area contributed by atoms with E-state index >= 15 is 0 Å². The smallest absolute Gasteiger partial charge is 0.172 e. The van der Waals surface area contributed by atoms with Crippen LogP contribution in [0.2, 0.25) is 0 Å². The molecule has 0 fully saturated rings. The Kier molecular flexibility index (Phi) is 3.12. The van der Waals surface area contributed by atoms with E-state index in [4.69, 9.17) is 0 Å². The van der Waals surface area contributed by atoms with E-state index in [2.05, 4.69) is 31.9 Å². The molecule has 0 radical (unpaired) electrons. The first-order chi connectivity index (χ1) is 6.63. The maximum absolute atomic E-state index is 11.5. The maximum Gasteiger partial charge on any atom is 0.172 e. The second-order valence-electron chi connectivity index (χ2n) is 2.78. The number of rotatable bonds is 2. The molecule has 0 aromatic carbocycles. The molecule has 2 aromatic heterocycles. The molecule has 0 saturated heterocycles. The maximum atomic E-state index is 11.5. The van der Waals surface area contributed by atoms with Crippen LogP contribution in [0.15, 0.2) is 13.6 Å². The fraction of sp³-hybridized carbons (Fsp3) is 0.222. The fourth-order valence-electron chi connectivity index (χ4n) is 1.17. The molecule has 2 heterocycles. The Labute approximate surface area is 106 Å². The van der Waals surface area contributed by atoms with Crippen LogP contribution in [0.3, 0.4) is 0 Å². The van der Waals surface area contributed by atoms with Gasteiger partial charge < -0.3 is 0 Å². The molecule has 0 unspecified atom stereocenters. The summed E-state index contributed by atoms with van der Waals surface area (Å²) in [5.41, 5.74) is 0. The van der Waals surface area contributed by atoms with E-state index in [1.54, 1.807) is 22.7 Å². The van der Waals surface area contributed by atoms with Crippen molar-refractivity contribution in [3.8, 4) is 0 Å². The Morgan fingerprint density at radius 3 is 2.64 bits per heavy atom. The van der Waals surface area contributed by atoms with E-state index in [-0.39, 0.29) is 5.78 Å². The Hall–Kier alpha value is 0.290. The summed E-state index contributed by atoms with van der Waals surface area (Å²) in [4.78, 5) is 12.3. The van der Waals surface area contributed by atoms with Gasteiger partial charge >= 0.3 is 0 Å². The molecule has 0 spiro atoms. The van der Waals surface area contributed by atoms with Gasteiger partial charge in [0.2, 0.25) is 0 Å². The summed E-state index contributed by atoms with van der Waals surface area (Å²) in [5.74, 6) is 0.218. The third-order valence-electron chi connectivity index (χ3n) is 1.90. The van der Waals surface area contributed by atoms with Crippen LogP contribution in [0.25, 0.3) is 10.1 Å². The second kappa shape index (κ2) is 4.04. The molecule has 2 aromatic rings. The first-order valence-corrected chi connectivity index (χ1v) is 7.26. The fourth-order valence-corrected chi connectivity index (χ4v) is 5.65. The number of carbonyl (C=O) groups excluding carboxylic acids is 1. The molecular weight excluding hydrogens is 348 g/mol. The van der Waals surface area contributed by atoms with Crippen LogP contribution in [-0.2, 0) is 0 Å². The zero-order valence-corrected chi connectivity index (χ0v) is 12.1. The van der Waals surface area contributed by atoms with Gasteiger partial charge in [-0.1, -0.05) is 6.92 Å². The van der Waals surface area contributed by atoms with Gasteiger partial charge in [0.1, 0.15) is 0 Å². The summed E-state index contributed by atoms with van der Waals surface area (Å²) in [6.07, 6.45) is 0.571. The molecule has 0 amide bonds. The Morgan fingerprint density at radius 2 is 2.07 bits per heavy atom. The lowest BCUT2D eigenvalue weighted by molar-refractivity contribution is 0.0992. The van der Waals surface area contributed by atoms with Crippen molar-refractivity contribution in [3.63, 3.8) is 0 Å². The SMILES string of the molecule is CCC(=O)c1cc2c(Br)sc(Br)c2s1. The molecule has 0 atom stereocenters. The quantitative estimate of drug-likeness (QED) is 0.688. The van der Waals surface area contributed by atoms with E-state index < -0.39 is 0 Å². The van der Waals surface area contributed by atoms with E-state index in [1.807, 2.05) is 13.0 Å². The zero-order valence-electron chi connectivity index (χ0n) is 7.27. The lowest BCUT2D eigenvalue weighted by atomic mass is 10.2. The number of ketones is 1. The summed E-state index contributed by atoms with van der Waals surface area (Å²) in [6.45, 7) is 1.89. The lowest BCUT2D eigenvalue weighted by Gasteiger charge is -1.88. The largest absolute Gasteiger partial charge is 0.293 e. The van der Waals surface area contributed by atoms with Gasteiger partial charge in [-0.25, -0.2) is 0 Å². The Morgan fingerprint density at radius 1 is 1.36 bits per heavy atom. The summed E-state index contributed by atoms with van der Waals surface area (Å²) in [7, 11) is 0. The first-order valence-electron chi connectivity index (χ1n) is 4.04. The van der Waals surface area contributed by atoms with Crippen molar-refractivity contribution < 1.29 is 4.79 Å². The number of hydrogen-bond donors (Lipinski definition) is 0. The minimum atomic E-state index is 0.218. The lowest BCUT2D eigenvalue weighted by Crippen LogP contribution is -1.90. The summed E-state index contributed by atoms with van der Waals surface area (Å²) < 4.78 is 3.35. The highest BCUT2D eigenvalue weighted by Gasteiger charge is 2.14. The highest BCUT2D eigenvalue weighted by molar-refractivity contribution is 9.12. The molecule has 0 aliphatic heterocycles. The summed E-state index contributed by atoms with van der Waals surface area (Å²) in [5, 5.41) is 1.14. The molecule has 2 rings (SSSR count). The van der Waals surface area contributed by atoms with Crippen molar-refractivity contribution in [2.75, 3.05) is 0 Å². The van der Waals surface area contributed by atoms with Gasteiger partial charge in [-0.3, -0.25) is 4.79 Å². The van der Waals surface area contributed by atoms with Gasteiger partial charge in [-0.05, 0) is 37.9 Å². The van der Waals surface area contributed by atoms with Gasteiger partial charge in [-0.2, -0.15) is 0 Å². The van der Waals surface area contributed by atoms with Crippen molar-refractivity contribution in [2.45, 2.75) is 13.3 Å².